The van der Waals surface area contributed by atoms with Crippen LogP contribution in [0.25, 0.3) is 0 Å². The van der Waals surface area contributed by atoms with Gasteiger partial charge in [-0.25, -0.2) is 0 Å². The van der Waals surface area contributed by atoms with E-state index in [-0.39, 0.29) is 0 Å². The number of hydrogen-bond donors (Lipinski definition) is 1. The van der Waals surface area contributed by atoms with Gasteiger partial charge in [-0.15, -0.1) is 0 Å². The van der Waals surface area contributed by atoms with Crippen molar-refractivity contribution in [3.63, 3.8) is 0 Å². The summed E-state index contributed by atoms with van der Waals surface area (Å²) in [5.74, 6) is 0. The van der Waals surface area contributed by atoms with Crippen LogP contribution in [0.4, 0.5) is 5.69 Å². The SMILES string of the molecule is CCCNc1ccc(CN2CCCC2)cc1. The Kier molecular flexibility index (Phi) is 4.23. The normalized spacial score (nSPS) is 16.6. The molecule has 1 fully saturated rings. The highest BCUT2D eigenvalue weighted by Crippen LogP contribution is 2.15. The molecule has 0 radical (unpaired) electrons. The minimum Gasteiger partial charge on any atom is -0.385 e. The summed E-state index contributed by atoms with van der Waals surface area (Å²) in [5, 5.41) is 3.40. The van der Waals surface area contributed by atoms with Crippen molar-refractivity contribution < 1.29 is 0 Å². The van der Waals surface area contributed by atoms with Crippen molar-refractivity contribution >= 4 is 5.69 Å². The van der Waals surface area contributed by atoms with Gasteiger partial charge in [-0.1, -0.05) is 19.1 Å². The lowest BCUT2D eigenvalue weighted by Gasteiger charge is -2.14. The number of anilines is 1. The third-order valence-electron chi connectivity index (χ3n) is 3.14. The van der Waals surface area contributed by atoms with Gasteiger partial charge in [0.25, 0.3) is 0 Å². The van der Waals surface area contributed by atoms with E-state index in [0.29, 0.717) is 0 Å². The summed E-state index contributed by atoms with van der Waals surface area (Å²) in [6, 6.07) is 8.88. The molecule has 2 heteroatoms. The van der Waals surface area contributed by atoms with Gasteiger partial charge in [0.15, 0.2) is 0 Å². The summed E-state index contributed by atoms with van der Waals surface area (Å²) in [7, 11) is 0. The average Bonchev–Trinajstić information content (AvgIpc) is 2.81. The second kappa shape index (κ2) is 5.90. The first-order valence-electron chi connectivity index (χ1n) is 6.43. The summed E-state index contributed by atoms with van der Waals surface area (Å²) in [4.78, 5) is 2.54. The molecule has 0 aliphatic carbocycles. The van der Waals surface area contributed by atoms with Crippen LogP contribution < -0.4 is 5.32 Å². The highest BCUT2D eigenvalue weighted by Gasteiger charge is 2.11. The third kappa shape index (κ3) is 3.24. The molecule has 1 saturated heterocycles. The predicted octanol–water partition coefficient (Wildman–Crippen LogP) is 3.10. The van der Waals surface area contributed by atoms with E-state index in [9.17, 15) is 0 Å². The molecule has 88 valence electrons. The van der Waals surface area contributed by atoms with E-state index in [4.69, 9.17) is 0 Å². The van der Waals surface area contributed by atoms with Gasteiger partial charge in [-0.05, 0) is 50.0 Å². The van der Waals surface area contributed by atoms with E-state index in [1.165, 1.54) is 43.6 Å². The zero-order valence-electron chi connectivity index (χ0n) is 10.2. The summed E-state index contributed by atoms with van der Waals surface area (Å²) in [6.07, 6.45) is 3.92. The zero-order chi connectivity index (χ0) is 11.2. The quantitative estimate of drug-likeness (QED) is 0.817. The van der Waals surface area contributed by atoms with Crippen molar-refractivity contribution in [3.8, 4) is 0 Å². The van der Waals surface area contributed by atoms with Gasteiger partial charge in [-0.2, -0.15) is 0 Å². The Hall–Kier alpha value is -1.02. The van der Waals surface area contributed by atoms with E-state index < -0.39 is 0 Å². The number of hydrogen-bond acceptors (Lipinski definition) is 2. The van der Waals surface area contributed by atoms with Crippen molar-refractivity contribution in [2.45, 2.75) is 32.7 Å². The Morgan fingerprint density at radius 1 is 1.12 bits per heavy atom. The highest BCUT2D eigenvalue weighted by atomic mass is 15.1. The van der Waals surface area contributed by atoms with Crippen molar-refractivity contribution in [3.05, 3.63) is 29.8 Å². The number of nitrogens with zero attached hydrogens (tertiary/aromatic N) is 1. The smallest absolute Gasteiger partial charge is 0.0340 e. The molecule has 1 aliphatic rings. The molecular weight excluding hydrogens is 196 g/mol. The molecule has 0 spiro atoms. The number of likely N-dealkylation sites (tertiary alicyclic amines) is 1. The van der Waals surface area contributed by atoms with Crippen LogP contribution in [0, 0.1) is 0 Å². The monoisotopic (exact) mass is 218 g/mol. The standard InChI is InChI=1S/C14H22N2/c1-2-9-15-14-7-5-13(6-8-14)12-16-10-3-4-11-16/h5-8,15H,2-4,9-12H2,1H3. The zero-order valence-corrected chi connectivity index (χ0v) is 10.2. The second-order valence-electron chi connectivity index (χ2n) is 4.61. The van der Waals surface area contributed by atoms with Crippen LogP contribution in [0.5, 0.6) is 0 Å². The topological polar surface area (TPSA) is 15.3 Å². The molecule has 0 unspecified atom stereocenters. The fourth-order valence-corrected chi connectivity index (χ4v) is 2.20. The number of benzene rings is 1. The van der Waals surface area contributed by atoms with E-state index in [1.54, 1.807) is 0 Å². The predicted molar refractivity (Wildman–Crippen MR) is 69.7 cm³/mol. The lowest BCUT2D eigenvalue weighted by Crippen LogP contribution is -2.18. The Morgan fingerprint density at radius 3 is 2.44 bits per heavy atom. The van der Waals surface area contributed by atoms with Crippen LogP contribution in [-0.4, -0.2) is 24.5 Å². The summed E-state index contributed by atoms with van der Waals surface area (Å²) in [5.41, 5.74) is 2.68. The van der Waals surface area contributed by atoms with Crippen LogP contribution in [0.3, 0.4) is 0 Å². The van der Waals surface area contributed by atoms with E-state index in [1.807, 2.05) is 0 Å². The molecule has 1 aliphatic heterocycles. The maximum Gasteiger partial charge on any atom is 0.0340 e. The second-order valence-corrected chi connectivity index (χ2v) is 4.61. The van der Waals surface area contributed by atoms with Crippen LogP contribution in [0.15, 0.2) is 24.3 Å². The van der Waals surface area contributed by atoms with Gasteiger partial charge >= 0.3 is 0 Å². The van der Waals surface area contributed by atoms with Gasteiger partial charge in [0, 0.05) is 18.8 Å². The van der Waals surface area contributed by atoms with Crippen molar-refractivity contribution in [2.75, 3.05) is 25.0 Å². The highest BCUT2D eigenvalue weighted by molar-refractivity contribution is 5.44. The largest absolute Gasteiger partial charge is 0.385 e. The Balaban J connectivity index is 1.86. The lowest BCUT2D eigenvalue weighted by atomic mass is 10.2. The minimum absolute atomic E-state index is 1.06. The Bertz CT molecular complexity index is 299. The first kappa shape index (κ1) is 11.5. The molecule has 2 nitrogen and oxygen atoms in total. The van der Waals surface area contributed by atoms with Gasteiger partial charge in [-0.3, -0.25) is 4.90 Å². The molecule has 0 atom stereocenters. The van der Waals surface area contributed by atoms with Crippen LogP contribution in [0.2, 0.25) is 0 Å². The molecule has 1 N–H and O–H groups in total. The first-order chi connectivity index (χ1) is 7.88. The van der Waals surface area contributed by atoms with Gasteiger partial charge in [0.05, 0.1) is 0 Å². The molecule has 16 heavy (non-hydrogen) atoms. The van der Waals surface area contributed by atoms with Crippen LogP contribution >= 0.6 is 0 Å². The Labute approximate surface area is 98.7 Å². The minimum atomic E-state index is 1.06. The molecule has 1 aromatic rings. The third-order valence-corrected chi connectivity index (χ3v) is 3.14. The first-order valence-corrected chi connectivity index (χ1v) is 6.43. The average molecular weight is 218 g/mol. The van der Waals surface area contributed by atoms with E-state index in [0.717, 1.165) is 13.1 Å². The summed E-state index contributed by atoms with van der Waals surface area (Å²) >= 11 is 0. The molecule has 0 aromatic heterocycles. The maximum absolute atomic E-state index is 3.40. The molecule has 0 bridgehead atoms. The number of rotatable bonds is 5. The van der Waals surface area contributed by atoms with Gasteiger partial charge < -0.3 is 5.32 Å². The van der Waals surface area contributed by atoms with Crippen molar-refractivity contribution in [1.29, 1.82) is 0 Å². The fourth-order valence-electron chi connectivity index (χ4n) is 2.20. The van der Waals surface area contributed by atoms with Crippen molar-refractivity contribution in [1.82, 2.24) is 4.90 Å². The fraction of sp³-hybridized carbons (Fsp3) is 0.571. The molecule has 2 rings (SSSR count). The van der Waals surface area contributed by atoms with Crippen molar-refractivity contribution in [2.24, 2.45) is 0 Å². The molecule has 1 heterocycles. The summed E-state index contributed by atoms with van der Waals surface area (Å²) < 4.78 is 0. The molecule has 0 amide bonds. The van der Waals surface area contributed by atoms with Gasteiger partial charge in [0.1, 0.15) is 0 Å². The Morgan fingerprint density at radius 2 is 1.81 bits per heavy atom. The van der Waals surface area contributed by atoms with E-state index >= 15 is 0 Å². The molecule has 1 aromatic carbocycles. The van der Waals surface area contributed by atoms with E-state index in [2.05, 4.69) is 41.4 Å². The molecule has 0 saturated carbocycles. The summed E-state index contributed by atoms with van der Waals surface area (Å²) in [6.45, 7) is 6.92. The molecular formula is C14H22N2. The van der Waals surface area contributed by atoms with Crippen LogP contribution in [0.1, 0.15) is 31.7 Å². The van der Waals surface area contributed by atoms with Gasteiger partial charge in [0.2, 0.25) is 0 Å². The van der Waals surface area contributed by atoms with Crippen LogP contribution in [-0.2, 0) is 6.54 Å². The lowest BCUT2D eigenvalue weighted by molar-refractivity contribution is 0.331. The maximum atomic E-state index is 3.40. The number of nitrogens with one attached hydrogen (secondary N) is 1.